The van der Waals surface area contributed by atoms with Crippen LogP contribution in [0.5, 0.6) is 11.5 Å². The summed E-state index contributed by atoms with van der Waals surface area (Å²) >= 11 is 0. The van der Waals surface area contributed by atoms with E-state index >= 15 is 0 Å². The molecule has 7 nitrogen and oxygen atoms in total. The zero-order chi connectivity index (χ0) is 23.9. The zero-order valence-electron chi connectivity index (χ0n) is 19.5. The fourth-order valence-corrected chi connectivity index (χ4v) is 4.45. The van der Waals surface area contributed by atoms with Crippen LogP contribution in [0, 0.1) is 5.92 Å². The van der Waals surface area contributed by atoms with E-state index in [0.29, 0.717) is 49.3 Å². The second-order valence-corrected chi connectivity index (χ2v) is 8.87. The Hall–Kier alpha value is -3.35. The highest BCUT2D eigenvalue weighted by Gasteiger charge is 2.28. The number of fused-ring (bicyclic) bond motifs is 1. The third-order valence-electron chi connectivity index (χ3n) is 6.37. The van der Waals surface area contributed by atoms with E-state index in [-0.39, 0.29) is 24.5 Å². The molecule has 1 atom stereocenters. The van der Waals surface area contributed by atoms with Gasteiger partial charge in [0.1, 0.15) is 13.2 Å². The van der Waals surface area contributed by atoms with Crippen molar-refractivity contribution in [2.24, 2.45) is 5.92 Å². The van der Waals surface area contributed by atoms with Gasteiger partial charge in [0.2, 0.25) is 0 Å². The van der Waals surface area contributed by atoms with Gasteiger partial charge in [0.15, 0.2) is 23.4 Å². The molecule has 7 heteroatoms. The van der Waals surface area contributed by atoms with E-state index in [1.165, 1.54) is 5.56 Å². The summed E-state index contributed by atoms with van der Waals surface area (Å²) in [5.41, 5.74) is 1.78. The lowest BCUT2D eigenvalue weighted by Crippen LogP contribution is -2.44. The Morgan fingerprint density at radius 2 is 1.68 bits per heavy atom. The van der Waals surface area contributed by atoms with Crippen LogP contribution < -0.4 is 9.47 Å². The molecule has 0 aromatic heterocycles. The molecule has 1 amide bonds. The standard InChI is InChI=1S/C27H31NO6/c1-19(27(31)28-13-11-21(12-14-28)17-20-5-3-2-4-6-20)34-26(30)10-8-23(29)22-7-9-24-25(18-22)33-16-15-32-24/h2-7,9,18-19,21H,8,10-17H2,1H3. The van der Waals surface area contributed by atoms with Gasteiger partial charge in [-0.05, 0) is 55.9 Å². The molecule has 2 heterocycles. The van der Waals surface area contributed by atoms with Crippen LogP contribution in [0.3, 0.4) is 0 Å². The number of carbonyl (C=O) groups is 3. The molecule has 1 fully saturated rings. The van der Waals surface area contributed by atoms with Crippen LogP contribution in [-0.2, 0) is 20.7 Å². The number of nitrogens with zero attached hydrogens (tertiary/aromatic N) is 1. The Kier molecular flexibility index (Phi) is 7.83. The maximum absolute atomic E-state index is 12.8. The van der Waals surface area contributed by atoms with Crippen LogP contribution in [-0.4, -0.2) is 55.0 Å². The molecule has 1 unspecified atom stereocenters. The molecule has 0 N–H and O–H groups in total. The highest BCUT2D eigenvalue weighted by Crippen LogP contribution is 2.31. The van der Waals surface area contributed by atoms with Gasteiger partial charge < -0.3 is 19.1 Å². The second kappa shape index (κ2) is 11.2. The normalized spacial score (nSPS) is 16.6. The maximum atomic E-state index is 12.8. The molecule has 34 heavy (non-hydrogen) atoms. The number of hydrogen-bond donors (Lipinski definition) is 0. The van der Waals surface area contributed by atoms with Gasteiger partial charge in [-0.25, -0.2) is 0 Å². The third-order valence-corrected chi connectivity index (χ3v) is 6.37. The molecular weight excluding hydrogens is 434 g/mol. The van der Waals surface area contributed by atoms with Gasteiger partial charge >= 0.3 is 5.97 Å². The van der Waals surface area contributed by atoms with E-state index in [1.807, 2.05) is 18.2 Å². The predicted molar refractivity (Wildman–Crippen MR) is 126 cm³/mol. The van der Waals surface area contributed by atoms with Gasteiger partial charge in [0.05, 0.1) is 6.42 Å². The lowest BCUT2D eigenvalue weighted by molar-refractivity contribution is -0.159. The average Bonchev–Trinajstić information content (AvgIpc) is 2.87. The summed E-state index contributed by atoms with van der Waals surface area (Å²) in [6.07, 6.45) is 1.96. The van der Waals surface area contributed by atoms with Gasteiger partial charge in [-0.2, -0.15) is 0 Å². The van der Waals surface area contributed by atoms with Crippen molar-refractivity contribution >= 4 is 17.7 Å². The number of piperidine rings is 1. The lowest BCUT2D eigenvalue weighted by atomic mass is 9.90. The Morgan fingerprint density at radius 3 is 2.41 bits per heavy atom. The highest BCUT2D eigenvalue weighted by molar-refractivity contribution is 5.98. The van der Waals surface area contributed by atoms with Crippen molar-refractivity contribution in [1.29, 1.82) is 0 Å². The summed E-state index contributed by atoms with van der Waals surface area (Å²) in [7, 11) is 0. The van der Waals surface area contributed by atoms with Crippen molar-refractivity contribution in [1.82, 2.24) is 4.90 Å². The average molecular weight is 466 g/mol. The van der Waals surface area contributed by atoms with Crippen molar-refractivity contribution in [3.63, 3.8) is 0 Å². The van der Waals surface area contributed by atoms with Crippen LogP contribution in [0.1, 0.15) is 48.5 Å². The van der Waals surface area contributed by atoms with E-state index in [1.54, 1.807) is 30.0 Å². The molecule has 2 aliphatic rings. The minimum absolute atomic E-state index is 0.00423. The van der Waals surface area contributed by atoms with Gasteiger partial charge in [-0.3, -0.25) is 14.4 Å². The van der Waals surface area contributed by atoms with E-state index in [4.69, 9.17) is 14.2 Å². The van der Waals surface area contributed by atoms with E-state index in [9.17, 15) is 14.4 Å². The Balaban J connectivity index is 1.19. The molecule has 0 aliphatic carbocycles. The Labute approximate surface area is 200 Å². The first-order valence-corrected chi connectivity index (χ1v) is 11.9. The summed E-state index contributed by atoms with van der Waals surface area (Å²) in [4.78, 5) is 39.3. The number of carbonyl (C=O) groups excluding carboxylic acids is 3. The monoisotopic (exact) mass is 465 g/mol. The number of ketones is 1. The molecule has 1 saturated heterocycles. The summed E-state index contributed by atoms with van der Waals surface area (Å²) in [5.74, 6) is 0.782. The molecule has 2 aromatic rings. The van der Waals surface area contributed by atoms with Gasteiger partial charge in [0.25, 0.3) is 5.91 Å². The fraction of sp³-hybridized carbons (Fsp3) is 0.444. The first-order chi connectivity index (χ1) is 16.5. The summed E-state index contributed by atoms with van der Waals surface area (Å²) < 4.78 is 16.3. The van der Waals surface area contributed by atoms with E-state index < -0.39 is 12.1 Å². The quantitative estimate of drug-likeness (QED) is 0.435. The zero-order valence-corrected chi connectivity index (χ0v) is 19.5. The lowest BCUT2D eigenvalue weighted by Gasteiger charge is -2.33. The smallest absolute Gasteiger partial charge is 0.307 e. The molecule has 0 saturated carbocycles. The summed E-state index contributed by atoms with van der Waals surface area (Å²) in [5, 5.41) is 0. The van der Waals surface area contributed by atoms with Crippen LogP contribution in [0.15, 0.2) is 48.5 Å². The van der Waals surface area contributed by atoms with Crippen LogP contribution in [0.2, 0.25) is 0 Å². The van der Waals surface area contributed by atoms with Crippen molar-refractivity contribution < 1.29 is 28.6 Å². The van der Waals surface area contributed by atoms with E-state index in [2.05, 4.69) is 12.1 Å². The Bertz CT molecular complexity index is 1010. The molecule has 0 spiro atoms. The number of hydrogen-bond acceptors (Lipinski definition) is 6. The molecule has 0 radical (unpaired) electrons. The van der Waals surface area contributed by atoms with Crippen molar-refractivity contribution in [2.75, 3.05) is 26.3 Å². The molecule has 2 aromatic carbocycles. The number of esters is 1. The minimum atomic E-state index is -0.859. The summed E-state index contributed by atoms with van der Waals surface area (Å²) in [6.45, 7) is 3.85. The maximum Gasteiger partial charge on any atom is 0.307 e. The predicted octanol–water partition coefficient (Wildman–Crippen LogP) is 3.83. The molecule has 2 aliphatic heterocycles. The van der Waals surface area contributed by atoms with Crippen molar-refractivity contribution in [3.05, 3.63) is 59.7 Å². The third kappa shape index (κ3) is 6.16. The first kappa shape index (κ1) is 23.8. The number of rotatable bonds is 8. The Morgan fingerprint density at radius 1 is 0.971 bits per heavy atom. The number of benzene rings is 2. The van der Waals surface area contributed by atoms with Crippen LogP contribution in [0.4, 0.5) is 0 Å². The van der Waals surface area contributed by atoms with Crippen molar-refractivity contribution in [3.8, 4) is 11.5 Å². The SMILES string of the molecule is CC(OC(=O)CCC(=O)c1ccc2c(c1)OCCO2)C(=O)N1CCC(Cc2ccccc2)CC1. The number of Topliss-reactive ketones (excluding diaryl/α,β-unsaturated/α-hetero) is 1. The van der Waals surface area contributed by atoms with Crippen LogP contribution >= 0.6 is 0 Å². The topological polar surface area (TPSA) is 82.1 Å². The molecule has 4 rings (SSSR count). The summed E-state index contributed by atoms with van der Waals surface area (Å²) in [6, 6.07) is 15.4. The largest absolute Gasteiger partial charge is 0.486 e. The minimum Gasteiger partial charge on any atom is -0.486 e. The first-order valence-electron chi connectivity index (χ1n) is 11.9. The number of amides is 1. The van der Waals surface area contributed by atoms with Gasteiger partial charge in [-0.15, -0.1) is 0 Å². The number of likely N-dealkylation sites (tertiary alicyclic amines) is 1. The van der Waals surface area contributed by atoms with Crippen molar-refractivity contribution in [2.45, 2.75) is 45.1 Å². The van der Waals surface area contributed by atoms with E-state index in [0.717, 1.165) is 19.3 Å². The van der Waals surface area contributed by atoms with Gasteiger partial charge in [-0.1, -0.05) is 30.3 Å². The second-order valence-electron chi connectivity index (χ2n) is 8.87. The number of ether oxygens (including phenoxy) is 3. The molecular formula is C27H31NO6. The van der Waals surface area contributed by atoms with Crippen LogP contribution in [0.25, 0.3) is 0 Å². The fourth-order valence-electron chi connectivity index (χ4n) is 4.45. The molecule has 0 bridgehead atoms. The highest BCUT2D eigenvalue weighted by atomic mass is 16.6. The molecule has 180 valence electrons. The van der Waals surface area contributed by atoms with Gasteiger partial charge in [0, 0.05) is 25.1 Å².